The van der Waals surface area contributed by atoms with Crippen LogP contribution in [0.15, 0.2) is 41.0 Å². The third kappa shape index (κ3) is 2.27. The Hall–Kier alpha value is -1.13. The summed E-state index contributed by atoms with van der Waals surface area (Å²) in [6, 6.07) is 9.89. The molecule has 0 saturated carbocycles. The SMILES string of the molecule is C[C@H](N)c1ccn(-c2cccc(Br)c2)n1. The molecule has 0 bridgehead atoms. The Labute approximate surface area is 97.0 Å². The zero-order valence-electron chi connectivity index (χ0n) is 8.39. The highest BCUT2D eigenvalue weighted by atomic mass is 79.9. The molecule has 0 amide bonds. The minimum Gasteiger partial charge on any atom is -0.323 e. The minimum absolute atomic E-state index is 0.0293. The van der Waals surface area contributed by atoms with Crippen molar-refractivity contribution in [2.45, 2.75) is 13.0 Å². The lowest BCUT2D eigenvalue weighted by molar-refractivity contribution is 0.742. The highest BCUT2D eigenvalue weighted by molar-refractivity contribution is 9.10. The average Bonchev–Trinajstić information content (AvgIpc) is 2.66. The van der Waals surface area contributed by atoms with E-state index in [1.54, 1.807) is 0 Å². The summed E-state index contributed by atoms with van der Waals surface area (Å²) in [7, 11) is 0. The Morgan fingerprint density at radius 3 is 2.80 bits per heavy atom. The van der Waals surface area contributed by atoms with E-state index in [0.717, 1.165) is 15.9 Å². The summed E-state index contributed by atoms with van der Waals surface area (Å²) in [5, 5.41) is 4.39. The first-order valence-corrected chi connectivity index (χ1v) is 5.53. The lowest BCUT2D eigenvalue weighted by atomic mass is 10.3. The van der Waals surface area contributed by atoms with Crippen molar-refractivity contribution in [1.29, 1.82) is 0 Å². The smallest absolute Gasteiger partial charge is 0.0793 e. The average molecular weight is 266 g/mol. The molecule has 2 rings (SSSR count). The van der Waals surface area contributed by atoms with E-state index in [1.165, 1.54) is 0 Å². The molecule has 1 atom stereocenters. The van der Waals surface area contributed by atoms with Crippen LogP contribution < -0.4 is 5.73 Å². The molecule has 0 spiro atoms. The van der Waals surface area contributed by atoms with Crippen LogP contribution in [0.4, 0.5) is 0 Å². The Morgan fingerprint density at radius 1 is 1.40 bits per heavy atom. The van der Waals surface area contributed by atoms with Crippen LogP contribution in [0.1, 0.15) is 18.7 Å². The van der Waals surface area contributed by atoms with Gasteiger partial charge in [-0.05, 0) is 31.2 Å². The first-order chi connectivity index (χ1) is 7.16. The maximum absolute atomic E-state index is 5.75. The second-order valence-corrected chi connectivity index (χ2v) is 4.37. The molecular weight excluding hydrogens is 254 g/mol. The summed E-state index contributed by atoms with van der Waals surface area (Å²) in [5.74, 6) is 0. The van der Waals surface area contributed by atoms with Crippen molar-refractivity contribution < 1.29 is 0 Å². The van der Waals surface area contributed by atoms with Gasteiger partial charge in [0.1, 0.15) is 0 Å². The van der Waals surface area contributed by atoms with Crippen molar-refractivity contribution in [3.8, 4) is 5.69 Å². The predicted molar refractivity (Wildman–Crippen MR) is 63.9 cm³/mol. The van der Waals surface area contributed by atoms with Gasteiger partial charge in [-0.1, -0.05) is 22.0 Å². The van der Waals surface area contributed by atoms with Gasteiger partial charge in [0, 0.05) is 16.7 Å². The first kappa shape index (κ1) is 10.4. The Morgan fingerprint density at radius 2 is 2.20 bits per heavy atom. The van der Waals surface area contributed by atoms with E-state index >= 15 is 0 Å². The van der Waals surface area contributed by atoms with Gasteiger partial charge in [0.2, 0.25) is 0 Å². The van der Waals surface area contributed by atoms with Crippen molar-refractivity contribution in [2.24, 2.45) is 5.73 Å². The van der Waals surface area contributed by atoms with Gasteiger partial charge in [0.05, 0.1) is 11.4 Å². The molecule has 1 aromatic heterocycles. The van der Waals surface area contributed by atoms with Gasteiger partial charge >= 0.3 is 0 Å². The van der Waals surface area contributed by atoms with E-state index in [1.807, 2.05) is 48.1 Å². The van der Waals surface area contributed by atoms with Gasteiger partial charge in [-0.3, -0.25) is 0 Å². The Bertz CT molecular complexity index is 462. The molecule has 0 radical (unpaired) electrons. The van der Waals surface area contributed by atoms with Gasteiger partial charge in [-0.15, -0.1) is 0 Å². The van der Waals surface area contributed by atoms with Crippen molar-refractivity contribution in [3.05, 3.63) is 46.7 Å². The number of hydrogen-bond acceptors (Lipinski definition) is 2. The fourth-order valence-electron chi connectivity index (χ4n) is 1.34. The summed E-state index contributed by atoms with van der Waals surface area (Å²) in [6.07, 6.45) is 1.92. The number of hydrogen-bond donors (Lipinski definition) is 1. The number of benzene rings is 1. The molecule has 3 nitrogen and oxygen atoms in total. The Kier molecular flexibility index (Phi) is 2.88. The number of rotatable bonds is 2. The standard InChI is InChI=1S/C11H12BrN3/c1-8(13)11-5-6-15(14-11)10-4-2-3-9(12)7-10/h2-8H,13H2,1H3/t8-/m0/s1. The largest absolute Gasteiger partial charge is 0.323 e. The molecule has 0 aliphatic heterocycles. The van der Waals surface area contributed by atoms with E-state index in [0.29, 0.717) is 0 Å². The lowest BCUT2D eigenvalue weighted by Crippen LogP contribution is -2.06. The zero-order valence-corrected chi connectivity index (χ0v) is 9.98. The molecule has 4 heteroatoms. The van der Waals surface area contributed by atoms with Gasteiger partial charge < -0.3 is 5.73 Å². The molecule has 0 fully saturated rings. The molecule has 2 N–H and O–H groups in total. The summed E-state index contributed by atoms with van der Waals surface area (Å²) >= 11 is 3.43. The van der Waals surface area contributed by atoms with E-state index in [4.69, 9.17) is 5.73 Å². The molecule has 0 aliphatic carbocycles. The third-order valence-corrected chi connectivity index (χ3v) is 2.64. The molecule has 15 heavy (non-hydrogen) atoms. The normalized spacial score (nSPS) is 12.7. The lowest BCUT2D eigenvalue weighted by Gasteiger charge is -2.02. The summed E-state index contributed by atoms with van der Waals surface area (Å²) in [6.45, 7) is 1.92. The van der Waals surface area contributed by atoms with Crippen LogP contribution in [0.25, 0.3) is 5.69 Å². The summed E-state index contributed by atoms with van der Waals surface area (Å²) < 4.78 is 2.86. The van der Waals surface area contributed by atoms with E-state index in [9.17, 15) is 0 Å². The second kappa shape index (κ2) is 4.16. The topological polar surface area (TPSA) is 43.8 Å². The number of aromatic nitrogens is 2. The van der Waals surface area contributed by atoms with Crippen molar-refractivity contribution in [2.75, 3.05) is 0 Å². The molecule has 0 saturated heterocycles. The van der Waals surface area contributed by atoms with E-state index < -0.39 is 0 Å². The quantitative estimate of drug-likeness (QED) is 0.908. The Balaban J connectivity index is 2.37. The van der Waals surface area contributed by atoms with Crippen molar-refractivity contribution in [3.63, 3.8) is 0 Å². The highest BCUT2D eigenvalue weighted by Gasteiger charge is 2.04. The second-order valence-electron chi connectivity index (χ2n) is 3.45. The molecule has 2 aromatic rings. The molecule has 1 heterocycles. The molecule has 1 aromatic carbocycles. The van der Waals surface area contributed by atoms with Crippen LogP contribution in [-0.4, -0.2) is 9.78 Å². The van der Waals surface area contributed by atoms with Gasteiger partial charge in [-0.25, -0.2) is 4.68 Å². The van der Waals surface area contributed by atoms with Gasteiger partial charge in [-0.2, -0.15) is 5.10 Å². The molecule has 0 aliphatic rings. The van der Waals surface area contributed by atoms with Crippen LogP contribution in [0.5, 0.6) is 0 Å². The molecular formula is C11H12BrN3. The number of halogens is 1. The van der Waals surface area contributed by atoms with Crippen molar-refractivity contribution >= 4 is 15.9 Å². The van der Waals surface area contributed by atoms with Crippen LogP contribution in [-0.2, 0) is 0 Å². The van der Waals surface area contributed by atoms with E-state index in [2.05, 4.69) is 21.0 Å². The van der Waals surface area contributed by atoms with Crippen LogP contribution >= 0.6 is 15.9 Å². The first-order valence-electron chi connectivity index (χ1n) is 4.74. The van der Waals surface area contributed by atoms with Gasteiger partial charge in [0.25, 0.3) is 0 Å². The van der Waals surface area contributed by atoms with E-state index in [-0.39, 0.29) is 6.04 Å². The maximum Gasteiger partial charge on any atom is 0.0793 e. The van der Waals surface area contributed by atoms with Gasteiger partial charge in [0.15, 0.2) is 0 Å². The van der Waals surface area contributed by atoms with Crippen LogP contribution in [0.3, 0.4) is 0 Å². The fourth-order valence-corrected chi connectivity index (χ4v) is 1.73. The highest BCUT2D eigenvalue weighted by Crippen LogP contribution is 2.16. The maximum atomic E-state index is 5.75. The summed E-state index contributed by atoms with van der Waals surface area (Å²) in [5.41, 5.74) is 7.67. The predicted octanol–water partition coefficient (Wildman–Crippen LogP) is 2.65. The zero-order chi connectivity index (χ0) is 10.8. The number of nitrogens with two attached hydrogens (primary N) is 1. The minimum atomic E-state index is -0.0293. The van der Waals surface area contributed by atoms with Crippen LogP contribution in [0.2, 0.25) is 0 Å². The fraction of sp³-hybridized carbons (Fsp3) is 0.182. The van der Waals surface area contributed by atoms with Crippen molar-refractivity contribution in [1.82, 2.24) is 9.78 Å². The number of nitrogens with zero attached hydrogens (tertiary/aromatic N) is 2. The molecule has 78 valence electrons. The summed E-state index contributed by atoms with van der Waals surface area (Å²) in [4.78, 5) is 0. The monoisotopic (exact) mass is 265 g/mol. The van der Waals surface area contributed by atoms with Crippen LogP contribution in [0, 0.1) is 0 Å². The molecule has 0 unspecified atom stereocenters. The third-order valence-electron chi connectivity index (χ3n) is 2.15.